The van der Waals surface area contributed by atoms with Gasteiger partial charge in [0.1, 0.15) is 17.5 Å². The van der Waals surface area contributed by atoms with Crippen molar-refractivity contribution in [3.63, 3.8) is 0 Å². The molecule has 2 aromatic carbocycles. The van der Waals surface area contributed by atoms with Crippen molar-refractivity contribution in [2.45, 2.75) is 19.9 Å². The molecule has 0 amide bonds. The third-order valence-electron chi connectivity index (χ3n) is 3.04. The summed E-state index contributed by atoms with van der Waals surface area (Å²) >= 11 is 0. The molecule has 0 saturated heterocycles. The molecule has 0 bridgehead atoms. The first-order valence-electron chi connectivity index (χ1n) is 6.56. The topological polar surface area (TPSA) is 12.0 Å². The fourth-order valence-corrected chi connectivity index (χ4v) is 2.06. The minimum atomic E-state index is -0.688. The second-order valence-corrected chi connectivity index (χ2v) is 4.60. The standard InChI is InChI=1S/C16H16F3N/c1-2-7-20-10-11-3-4-12(17)8-15(11)14-6-5-13(18)9-16(14)19/h3-6,8-9,20H,2,7,10H2,1H3. The van der Waals surface area contributed by atoms with Crippen molar-refractivity contribution in [2.24, 2.45) is 0 Å². The Labute approximate surface area is 116 Å². The van der Waals surface area contributed by atoms with E-state index < -0.39 is 17.5 Å². The van der Waals surface area contributed by atoms with E-state index in [1.165, 1.54) is 24.3 Å². The monoisotopic (exact) mass is 279 g/mol. The normalized spacial score (nSPS) is 10.8. The molecule has 1 nitrogen and oxygen atoms in total. The van der Waals surface area contributed by atoms with Gasteiger partial charge in [-0.15, -0.1) is 0 Å². The fraction of sp³-hybridized carbons (Fsp3) is 0.250. The van der Waals surface area contributed by atoms with E-state index in [1.807, 2.05) is 6.92 Å². The van der Waals surface area contributed by atoms with Crippen LogP contribution in [0.25, 0.3) is 11.1 Å². The summed E-state index contributed by atoms with van der Waals surface area (Å²) in [6.07, 6.45) is 0.974. The van der Waals surface area contributed by atoms with Crippen LogP contribution < -0.4 is 5.32 Å². The fourth-order valence-electron chi connectivity index (χ4n) is 2.06. The first kappa shape index (κ1) is 14.6. The Morgan fingerprint density at radius 3 is 2.30 bits per heavy atom. The quantitative estimate of drug-likeness (QED) is 0.806. The largest absolute Gasteiger partial charge is 0.313 e. The van der Waals surface area contributed by atoms with Crippen molar-refractivity contribution in [1.82, 2.24) is 5.32 Å². The zero-order valence-electron chi connectivity index (χ0n) is 11.2. The van der Waals surface area contributed by atoms with E-state index in [0.29, 0.717) is 12.1 Å². The third-order valence-corrected chi connectivity index (χ3v) is 3.04. The molecule has 0 aliphatic heterocycles. The summed E-state index contributed by atoms with van der Waals surface area (Å²) in [6.45, 7) is 3.38. The molecule has 0 fully saturated rings. The third kappa shape index (κ3) is 3.39. The summed E-state index contributed by atoms with van der Waals surface area (Å²) in [4.78, 5) is 0. The summed E-state index contributed by atoms with van der Waals surface area (Å²) in [6, 6.07) is 7.56. The van der Waals surface area contributed by atoms with Crippen molar-refractivity contribution in [1.29, 1.82) is 0 Å². The summed E-state index contributed by atoms with van der Waals surface area (Å²) in [5.41, 5.74) is 1.44. The van der Waals surface area contributed by atoms with Crippen LogP contribution >= 0.6 is 0 Å². The van der Waals surface area contributed by atoms with Crippen LogP contribution in [-0.2, 0) is 6.54 Å². The van der Waals surface area contributed by atoms with E-state index in [-0.39, 0.29) is 5.56 Å². The maximum atomic E-state index is 13.9. The highest BCUT2D eigenvalue weighted by Crippen LogP contribution is 2.27. The van der Waals surface area contributed by atoms with Gasteiger partial charge in [0.05, 0.1) is 0 Å². The molecule has 0 radical (unpaired) electrons. The molecule has 2 aromatic rings. The molecule has 20 heavy (non-hydrogen) atoms. The van der Waals surface area contributed by atoms with Crippen LogP contribution in [0, 0.1) is 17.5 Å². The number of rotatable bonds is 5. The van der Waals surface area contributed by atoms with Crippen LogP contribution in [0.4, 0.5) is 13.2 Å². The number of nitrogens with one attached hydrogen (secondary N) is 1. The zero-order valence-corrected chi connectivity index (χ0v) is 11.2. The Morgan fingerprint density at radius 1 is 0.900 bits per heavy atom. The van der Waals surface area contributed by atoms with Gasteiger partial charge in [-0.25, -0.2) is 13.2 Å². The lowest BCUT2D eigenvalue weighted by atomic mass is 9.98. The van der Waals surface area contributed by atoms with E-state index in [2.05, 4.69) is 5.32 Å². The lowest BCUT2D eigenvalue weighted by Gasteiger charge is -2.12. The summed E-state index contributed by atoms with van der Waals surface area (Å²) in [5, 5.41) is 3.19. The van der Waals surface area contributed by atoms with Crippen molar-refractivity contribution < 1.29 is 13.2 Å². The number of hydrogen-bond donors (Lipinski definition) is 1. The van der Waals surface area contributed by atoms with Gasteiger partial charge >= 0.3 is 0 Å². The summed E-state index contributed by atoms with van der Waals surface area (Å²) in [7, 11) is 0. The van der Waals surface area contributed by atoms with Crippen LogP contribution in [0.3, 0.4) is 0 Å². The van der Waals surface area contributed by atoms with E-state index in [0.717, 1.165) is 24.6 Å². The van der Waals surface area contributed by atoms with Crippen molar-refractivity contribution >= 4 is 0 Å². The maximum absolute atomic E-state index is 13.9. The van der Waals surface area contributed by atoms with Crippen LogP contribution in [0.15, 0.2) is 36.4 Å². The summed E-state index contributed by atoms with van der Waals surface area (Å²) in [5.74, 6) is -1.77. The minimum Gasteiger partial charge on any atom is -0.313 e. The van der Waals surface area contributed by atoms with Crippen LogP contribution in [0.2, 0.25) is 0 Å². The highest BCUT2D eigenvalue weighted by atomic mass is 19.1. The van der Waals surface area contributed by atoms with Gasteiger partial charge < -0.3 is 5.32 Å². The predicted octanol–water partition coefficient (Wildman–Crippen LogP) is 4.27. The predicted molar refractivity (Wildman–Crippen MR) is 73.7 cm³/mol. The molecule has 1 N–H and O–H groups in total. The smallest absolute Gasteiger partial charge is 0.133 e. The highest BCUT2D eigenvalue weighted by molar-refractivity contribution is 5.68. The van der Waals surface area contributed by atoms with Gasteiger partial charge in [-0.2, -0.15) is 0 Å². The molecule has 0 aromatic heterocycles. The second-order valence-electron chi connectivity index (χ2n) is 4.60. The molecule has 0 saturated carbocycles. The highest BCUT2D eigenvalue weighted by Gasteiger charge is 2.11. The van der Waals surface area contributed by atoms with Crippen molar-refractivity contribution in [2.75, 3.05) is 6.54 Å². The molecule has 0 atom stereocenters. The molecule has 106 valence electrons. The van der Waals surface area contributed by atoms with Crippen LogP contribution in [0.5, 0.6) is 0 Å². The summed E-state index contributed by atoms with van der Waals surface area (Å²) < 4.78 is 40.2. The molecule has 2 rings (SSSR count). The Hall–Kier alpha value is -1.81. The van der Waals surface area contributed by atoms with Gasteiger partial charge in [-0.1, -0.05) is 13.0 Å². The molecule has 0 spiro atoms. The zero-order chi connectivity index (χ0) is 14.5. The number of benzene rings is 2. The van der Waals surface area contributed by atoms with E-state index in [9.17, 15) is 13.2 Å². The Bertz CT molecular complexity index is 596. The van der Waals surface area contributed by atoms with Gasteiger partial charge in [-0.3, -0.25) is 0 Å². The Balaban J connectivity index is 2.40. The van der Waals surface area contributed by atoms with Gasteiger partial charge in [0.15, 0.2) is 0 Å². The lowest BCUT2D eigenvalue weighted by Crippen LogP contribution is -2.14. The second kappa shape index (κ2) is 6.57. The van der Waals surface area contributed by atoms with Crippen molar-refractivity contribution in [3.05, 3.63) is 59.4 Å². The van der Waals surface area contributed by atoms with Gasteiger partial charge in [0, 0.05) is 18.2 Å². The SMILES string of the molecule is CCCNCc1ccc(F)cc1-c1ccc(F)cc1F. The molecular formula is C16H16F3N. The van der Waals surface area contributed by atoms with E-state index in [4.69, 9.17) is 0 Å². The molecule has 0 heterocycles. The molecule has 0 unspecified atom stereocenters. The van der Waals surface area contributed by atoms with Gasteiger partial charge in [0.25, 0.3) is 0 Å². The van der Waals surface area contributed by atoms with E-state index >= 15 is 0 Å². The van der Waals surface area contributed by atoms with Crippen LogP contribution in [0.1, 0.15) is 18.9 Å². The first-order valence-corrected chi connectivity index (χ1v) is 6.56. The lowest BCUT2D eigenvalue weighted by molar-refractivity contribution is 0.585. The molecule has 0 aliphatic carbocycles. The molecule has 4 heteroatoms. The molecule has 0 aliphatic rings. The number of halogens is 3. The van der Waals surface area contributed by atoms with Crippen LogP contribution in [-0.4, -0.2) is 6.54 Å². The molecular weight excluding hydrogens is 263 g/mol. The minimum absolute atomic E-state index is 0.208. The Morgan fingerprint density at radius 2 is 1.60 bits per heavy atom. The average Bonchev–Trinajstić information content (AvgIpc) is 2.41. The van der Waals surface area contributed by atoms with Gasteiger partial charge in [-0.05, 0) is 48.4 Å². The maximum Gasteiger partial charge on any atom is 0.133 e. The van der Waals surface area contributed by atoms with Crippen molar-refractivity contribution in [3.8, 4) is 11.1 Å². The number of hydrogen-bond acceptors (Lipinski definition) is 1. The van der Waals surface area contributed by atoms with Gasteiger partial charge in [0.2, 0.25) is 0 Å². The van der Waals surface area contributed by atoms with E-state index in [1.54, 1.807) is 6.07 Å². The Kier molecular flexibility index (Phi) is 4.79. The first-order chi connectivity index (χ1) is 9.61. The average molecular weight is 279 g/mol.